The highest BCUT2D eigenvalue weighted by molar-refractivity contribution is 9.11. The van der Waals surface area contributed by atoms with Gasteiger partial charge in [0, 0.05) is 21.2 Å². The standard InChI is InChI=1S/C15H14Br2N2O/c1-18-9-10-3-2-4-12(7-10)19-15(20)13-8-11(16)5-6-14(13)17/h2-8,18H,9H2,1H3,(H,19,20). The van der Waals surface area contributed by atoms with Crippen LogP contribution in [-0.4, -0.2) is 13.0 Å². The number of rotatable bonds is 4. The second-order valence-electron chi connectivity index (χ2n) is 4.31. The summed E-state index contributed by atoms with van der Waals surface area (Å²) >= 11 is 6.77. The fourth-order valence-electron chi connectivity index (χ4n) is 1.83. The molecule has 0 aliphatic rings. The predicted octanol–water partition coefficient (Wildman–Crippen LogP) is 4.18. The zero-order chi connectivity index (χ0) is 14.5. The number of nitrogens with one attached hydrogen (secondary N) is 2. The third-order valence-corrected chi connectivity index (χ3v) is 3.92. The summed E-state index contributed by atoms with van der Waals surface area (Å²) in [5.41, 5.74) is 2.51. The Kier molecular flexibility index (Phi) is 5.34. The van der Waals surface area contributed by atoms with Gasteiger partial charge in [0.15, 0.2) is 0 Å². The molecule has 0 spiro atoms. The van der Waals surface area contributed by atoms with Gasteiger partial charge in [-0.05, 0) is 58.9 Å². The molecule has 0 radical (unpaired) electrons. The Morgan fingerprint density at radius 3 is 2.70 bits per heavy atom. The molecule has 2 aromatic rings. The largest absolute Gasteiger partial charge is 0.322 e. The molecular weight excluding hydrogens is 384 g/mol. The van der Waals surface area contributed by atoms with Gasteiger partial charge in [-0.3, -0.25) is 4.79 Å². The molecule has 0 saturated carbocycles. The molecule has 104 valence electrons. The molecule has 0 saturated heterocycles. The molecule has 0 heterocycles. The van der Waals surface area contributed by atoms with Gasteiger partial charge < -0.3 is 10.6 Å². The van der Waals surface area contributed by atoms with Crippen molar-refractivity contribution in [2.45, 2.75) is 6.54 Å². The Labute approximate surface area is 135 Å². The molecule has 0 aliphatic carbocycles. The average molecular weight is 398 g/mol. The molecule has 0 atom stereocenters. The van der Waals surface area contributed by atoms with E-state index in [0.29, 0.717) is 5.56 Å². The number of halogens is 2. The number of hydrogen-bond donors (Lipinski definition) is 2. The molecule has 5 heteroatoms. The van der Waals surface area contributed by atoms with Gasteiger partial charge in [-0.25, -0.2) is 0 Å². The van der Waals surface area contributed by atoms with Crippen LogP contribution in [0.15, 0.2) is 51.4 Å². The average Bonchev–Trinajstić information content (AvgIpc) is 2.42. The molecule has 2 aromatic carbocycles. The molecule has 20 heavy (non-hydrogen) atoms. The van der Waals surface area contributed by atoms with Crippen molar-refractivity contribution in [2.24, 2.45) is 0 Å². The number of amides is 1. The number of carbonyl (C=O) groups is 1. The third kappa shape index (κ3) is 3.91. The highest BCUT2D eigenvalue weighted by atomic mass is 79.9. The van der Waals surface area contributed by atoms with E-state index in [0.717, 1.165) is 26.7 Å². The van der Waals surface area contributed by atoms with E-state index in [4.69, 9.17) is 0 Å². The minimum Gasteiger partial charge on any atom is -0.322 e. The van der Waals surface area contributed by atoms with Crippen molar-refractivity contribution in [3.05, 3.63) is 62.5 Å². The summed E-state index contributed by atoms with van der Waals surface area (Å²) in [6, 6.07) is 13.3. The molecule has 2 N–H and O–H groups in total. The number of carbonyl (C=O) groups excluding carboxylic acids is 1. The fraction of sp³-hybridized carbons (Fsp3) is 0.133. The van der Waals surface area contributed by atoms with E-state index in [-0.39, 0.29) is 5.91 Å². The first-order valence-electron chi connectivity index (χ1n) is 6.10. The van der Waals surface area contributed by atoms with Crippen LogP contribution in [0.25, 0.3) is 0 Å². The van der Waals surface area contributed by atoms with Crippen molar-refractivity contribution in [2.75, 3.05) is 12.4 Å². The molecular formula is C15H14Br2N2O. The maximum atomic E-state index is 12.3. The van der Waals surface area contributed by atoms with Crippen LogP contribution < -0.4 is 10.6 Å². The summed E-state index contributed by atoms with van der Waals surface area (Å²) < 4.78 is 1.64. The number of anilines is 1. The van der Waals surface area contributed by atoms with Crippen molar-refractivity contribution < 1.29 is 4.79 Å². The van der Waals surface area contributed by atoms with Gasteiger partial charge in [-0.1, -0.05) is 28.1 Å². The lowest BCUT2D eigenvalue weighted by atomic mass is 10.1. The summed E-state index contributed by atoms with van der Waals surface area (Å²) in [5.74, 6) is -0.139. The Bertz CT molecular complexity index is 629. The fourth-order valence-corrected chi connectivity index (χ4v) is 2.62. The molecule has 0 fully saturated rings. The van der Waals surface area contributed by atoms with Gasteiger partial charge in [0.1, 0.15) is 0 Å². The monoisotopic (exact) mass is 396 g/mol. The minimum atomic E-state index is -0.139. The van der Waals surface area contributed by atoms with Gasteiger partial charge in [0.05, 0.1) is 5.56 Å². The lowest BCUT2D eigenvalue weighted by Gasteiger charge is -2.09. The maximum absolute atomic E-state index is 12.3. The molecule has 0 bridgehead atoms. The maximum Gasteiger partial charge on any atom is 0.256 e. The lowest BCUT2D eigenvalue weighted by Crippen LogP contribution is -2.13. The van der Waals surface area contributed by atoms with E-state index in [2.05, 4.69) is 42.5 Å². The zero-order valence-corrected chi connectivity index (χ0v) is 14.1. The topological polar surface area (TPSA) is 41.1 Å². The normalized spacial score (nSPS) is 10.3. The van der Waals surface area contributed by atoms with Gasteiger partial charge in [0.25, 0.3) is 5.91 Å². The first-order valence-corrected chi connectivity index (χ1v) is 7.68. The van der Waals surface area contributed by atoms with Crippen LogP contribution in [0.1, 0.15) is 15.9 Å². The van der Waals surface area contributed by atoms with Gasteiger partial charge >= 0.3 is 0 Å². The van der Waals surface area contributed by atoms with Crippen LogP contribution >= 0.6 is 31.9 Å². The van der Waals surface area contributed by atoms with Crippen LogP contribution in [0.5, 0.6) is 0 Å². The summed E-state index contributed by atoms with van der Waals surface area (Å²) in [5, 5.41) is 5.99. The van der Waals surface area contributed by atoms with Gasteiger partial charge in [-0.15, -0.1) is 0 Å². The molecule has 0 unspecified atom stereocenters. The summed E-state index contributed by atoms with van der Waals surface area (Å²) in [6.07, 6.45) is 0. The van der Waals surface area contributed by atoms with E-state index < -0.39 is 0 Å². The predicted molar refractivity (Wildman–Crippen MR) is 89.0 cm³/mol. The van der Waals surface area contributed by atoms with Crippen molar-refractivity contribution >= 4 is 43.5 Å². The van der Waals surface area contributed by atoms with Gasteiger partial charge in [-0.2, -0.15) is 0 Å². The van der Waals surface area contributed by atoms with E-state index in [1.54, 1.807) is 6.07 Å². The van der Waals surface area contributed by atoms with Crippen LogP contribution in [0, 0.1) is 0 Å². The second kappa shape index (κ2) is 7.02. The van der Waals surface area contributed by atoms with Gasteiger partial charge in [0.2, 0.25) is 0 Å². The highest BCUT2D eigenvalue weighted by Gasteiger charge is 2.11. The Morgan fingerprint density at radius 2 is 1.95 bits per heavy atom. The Balaban J connectivity index is 2.19. The lowest BCUT2D eigenvalue weighted by molar-refractivity contribution is 0.102. The van der Waals surface area contributed by atoms with Crippen molar-refractivity contribution in [1.29, 1.82) is 0 Å². The SMILES string of the molecule is CNCc1cccc(NC(=O)c2cc(Br)ccc2Br)c1. The Hall–Kier alpha value is -1.17. The summed E-state index contributed by atoms with van der Waals surface area (Å²) in [6.45, 7) is 0.768. The number of benzene rings is 2. The third-order valence-electron chi connectivity index (χ3n) is 2.74. The summed E-state index contributed by atoms with van der Waals surface area (Å²) in [7, 11) is 1.89. The van der Waals surface area contributed by atoms with E-state index in [1.807, 2.05) is 43.4 Å². The van der Waals surface area contributed by atoms with Crippen molar-refractivity contribution in [3.8, 4) is 0 Å². The molecule has 0 aromatic heterocycles. The van der Waals surface area contributed by atoms with Crippen molar-refractivity contribution in [3.63, 3.8) is 0 Å². The molecule has 2 rings (SSSR count). The number of hydrogen-bond acceptors (Lipinski definition) is 2. The van der Waals surface area contributed by atoms with E-state index in [1.165, 1.54) is 0 Å². The van der Waals surface area contributed by atoms with Crippen LogP contribution in [0.4, 0.5) is 5.69 Å². The minimum absolute atomic E-state index is 0.139. The first kappa shape index (κ1) is 15.2. The van der Waals surface area contributed by atoms with Crippen LogP contribution in [-0.2, 0) is 6.54 Å². The van der Waals surface area contributed by atoms with Crippen LogP contribution in [0.3, 0.4) is 0 Å². The Morgan fingerprint density at radius 1 is 1.15 bits per heavy atom. The smallest absolute Gasteiger partial charge is 0.256 e. The second-order valence-corrected chi connectivity index (χ2v) is 6.08. The first-order chi connectivity index (χ1) is 9.60. The molecule has 1 amide bonds. The molecule has 0 aliphatic heterocycles. The van der Waals surface area contributed by atoms with Crippen LogP contribution in [0.2, 0.25) is 0 Å². The molecule has 3 nitrogen and oxygen atoms in total. The summed E-state index contributed by atoms with van der Waals surface area (Å²) in [4.78, 5) is 12.3. The zero-order valence-electron chi connectivity index (χ0n) is 10.9. The van der Waals surface area contributed by atoms with E-state index in [9.17, 15) is 4.79 Å². The highest BCUT2D eigenvalue weighted by Crippen LogP contribution is 2.23. The van der Waals surface area contributed by atoms with Crippen molar-refractivity contribution in [1.82, 2.24) is 5.32 Å². The van der Waals surface area contributed by atoms with E-state index >= 15 is 0 Å². The quantitative estimate of drug-likeness (QED) is 0.812.